The zero-order valence-corrected chi connectivity index (χ0v) is 19.8. The quantitative estimate of drug-likeness (QED) is 0.252. The van der Waals surface area contributed by atoms with Crippen LogP contribution in [0.1, 0.15) is 40.5 Å². The summed E-state index contributed by atoms with van der Waals surface area (Å²) >= 11 is 10.6. The number of Topliss-reactive ketones (excluding diaryl/α,β-unsaturated/α-hetero) is 1. The molecule has 2 amide bonds. The summed E-state index contributed by atoms with van der Waals surface area (Å²) in [6, 6.07) is 0. The van der Waals surface area contributed by atoms with Crippen LogP contribution in [0, 0.1) is 11.8 Å². The third-order valence-electron chi connectivity index (χ3n) is 5.44. The summed E-state index contributed by atoms with van der Waals surface area (Å²) in [5.74, 6) is -2.32. The van der Waals surface area contributed by atoms with E-state index in [9.17, 15) is 19.5 Å². The largest absolute Gasteiger partial charge is 0.874 e. The van der Waals surface area contributed by atoms with Crippen LogP contribution in [-0.2, 0) is 14.4 Å². The van der Waals surface area contributed by atoms with Crippen LogP contribution < -0.4 is 5.11 Å². The average Bonchev–Trinajstić information content (AvgIpc) is 2.73. The minimum atomic E-state index is -0.481. The topological polar surface area (TPSA) is 80.7 Å². The minimum Gasteiger partial charge on any atom is -0.874 e. The Balaban J connectivity index is 2.27. The summed E-state index contributed by atoms with van der Waals surface area (Å²) in [4.78, 5) is 41.5. The fourth-order valence-corrected chi connectivity index (χ4v) is 4.64. The smallest absolute Gasteiger partial charge is 0.262 e. The van der Waals surface area contributed by atoms with Gasteiger partial charge in [0.2, 0.25) is 0 Å². The number of hydrogen-bond acceptors (Lipinski definition) is 6. The van der Waals surface area contributed by atoms with E-state index in [4.69, 9.17) is 24.4 Å². The number of hydrogen-bond donors (Lipinski definition) is 0. The normalized spacial score (nSPS) is 24.6. The molecule has 166 valence electrons. The summed E-state index contributed by atoms with van der Waals surface area (Å²) in [6.07, 6.45) is 8.65. The molecule has 8 heteroatoms. The van der Waals surface area contributed by atoms with Crippen LogP contribution in [-0.4, -0.2) is 50.5 Å². The van der Waals surface area contributed by atoms with Gasteiger partial charge in [0.1, 0.15) is 0 Å². The standard InChI is InChI=1S/C23H28N2O4S2/c1-5-14-18(26)16(20(28)24(7-3)22(14)30)12-10-9-11-13-17-19(27)15(6-2)23(31)25(8-4)21(17)29/h9-15,26H,5-8H2,1-4H3/p-1/b11-9+,12-10+,17-13-. The van der Waals surface area contributed by atoms with Crippen molar-refractivity contribution < 1.29 is 19.5 Å². The molecule has 1 saturated heterocycles. The lowest BCUT2D eigenvalue weighted by molar-refractivity contribution is -0.313. The van der Waals surface area contributed by atoms with Gasteiger partial charge in [-0.15, -0.1) is 5.76 Å². The van der Waals surface area contributed by atoms with Gasteiger partial charge in [-0.1, -0.05) is 62.6 Å². The number of allylic oxidation sites excluding steroid dienone is 4. The van der Waals surface area contributed by atoms with E-state index in [0.717, 1.165) is 0 Å². The Bertz CT molecular complexity index is 902. The predicted molar refractivity (Wildman–Crippen MR) is 126 cm³/mol. The van der Waals surface area contributed by atoms with Crippen LogP contribution in [0.5, 0.6) is 0 Å². The van der Waals surface area contributed by atoms with Crippen molar-refractivity contribution in [2.24, 2.45) is 11.8 Å². The van der Waals surface area contributed by atoms with Crippen molar-refractivity contribution >= 4 is 52.0 Å². The molecule has 2 rings (SSSR count). The van der Waals surface area contributed by atoms with Crippen LogP contribution >= 0.6 is 24.4 Å². The fourth-order valence-electron chi connectivity index (χ4n) is 3.67. The van der Waals surface area contributed by atoms with Gasteiger partial charge >= 0.3 is 0 Å². The van der Waals surface area contributed by atoms with Crippen molar-refractivity contribution in [2.75, 3.05) is 13.1 Å². The number of nitrogens with zero attached hydrogens (tertiary/aromatic N) is 2. The maximum atomic E-state index is 12.6. The Morgan fingerprint density at radius 2 is 1.39 bits per heavy atom. The van der Waals surface area contributed by atoms with Crippen molar-refractivity contribution in [1.82, 2.24) is 9.80 Å². The Morgan fingerprint density at radius 3 is 1.94 bits per heavy atom. The molecule has 0 spiro atoms. The molecule has 0 aromatic heterocycles. The fraction of sp³-hybridized carbons (Fsp3) is 0.435. The third kappa shape index (κ3) is 4.75. The van der Waals surface area contributed by atoms with Crippen LogP contribution in [0.3, 0.4) is 0 Å². The molecule has 2 aliphatic heterocycles. The van der Waals surface area contributed by atoms with Gasteiger partial charge in [0, 0.05) is 24.6 Å². The van der Waals surface area contributed by atoms with Crippen LogP contribution in [0.15, 0.2) is 47.3 Å². The lowest BCUT2D eigenvalue weighted by Crippen LogP contribution is -2.49. The first-order chi connectivity index (χ1) is 14.7. The first-order valence-electron chi connectivity index (χ1n) is 10.5. The summed E-state index contributed by atoms with van der Waals surface area (Å²) in [6.45, 7) is 8.15. The molecule has 6 nitrogen and oxygen atoms in total. The zero-order valence-electron chi connectivity index (χ0n) is 18.2. The maximum absolute atomic E-state index is 12.6. The van der Waals surface area contributed by atoms with E-state index in [1.165, 1.54) is 22.0 Å². The SMILES string of the molecule is CCC1C(=O)/C(=C/C=C/C=C/C2=C([O-])C(CC)C(=S)N(CC)C2=O)C(=O)N(CC)C1=S. The Kier molecular flexibility index (Phi) is 8.59. The van der Waals surface area contributed by atoms with Gasteiger partial charge in [0.25, 0.3) is 11.8 Å². The van der Waals surface area contributed by atoms with Gasteiger partial charge in [-0.3, -0.25) is 14.4 Å². The number of rotatable bonds is 7. The summed E-state index contributed by atoms with van der Waals surface area (Å²) in [7, 11) is 0. The molecule has 0 N–H and O–H groups in total. The number of likely N-dealkylation sites (tertiary alicyclic amines) is 1. The highest BCUT2D eigenvalue weighted by molar-refractivity contribution is 7.80. The number of carbonyl (C=O) groups excluding carboxylic acids is 3. The van der Waals surface area contributed by atoms with Gasteiger partial charge in [0.05, 0.1) is 21.5 Å². The number of carbonyl (C=O) groups is 3. The number of amides is 2. The minimum absolute atomic E-state index is 0.0815. The highest BCUT2D eigenvalue weighted by atomic mass is 32.1. The lowest BCUT2D eigenvalue weighted by Gasteiger charge is -2.38. The predicted octanol–water partition coefficient (Wildman–Crippen LogP) is 2.64. The molecule has 2 aliphatic rings. The van der Waals surface area contributed by atoms with Crippen LogP contribution in [0.25, 0.3) is 0 Å². The second-order valence-corrected chi connectivity index (χ2v) is 8.00. The summed E-state index contributed by atoms with van der Waals surface area (Å²) < 4.78 is 0. The molecule has 31 heavy (non-hydrogen) atoms. The molecule has 0 aliphatic carbocycles. The molecule has 2 heterocycles. The van der Waals surface area contributed by atoms with E-state index in [-0.39, 0.29) is 22.7 Å². The van der Waals surface area contributed by atoms with Crippen molar-refractivity contribution in [3.05, 3.63) is 47.3 Å². The lowest BCUT2D eigenvalue weighted by atomic mass is 9.89. The first-order valence-corrected chi connectivity index (χ1v) is 11.3. The van der Waals surface area contributed by atoms with Gasteiger partial charge in [-0.2, -0.15) is 0 Å². The van der Waals surface area contributed by atoms with Gasteiger partial charge in [0.15, 0.2) is 5.78 Å². The molecule has 2 unspecified atom stereocenters. The second-order valence-electron chi connectivity index (χ2n) is 7.16. The van der Waals surface area contributed by atoms with Crippen molar-refractivity contribution in [3.8, 4) is 0 Å². The molecule has 1 fully saturated rings. The summed E-state index contributed by atoms with van der Waals surface area (Å²) in [5, 5.41) is 12.6. The highest BCUT2D eigenvalue weighted by Gasteiger charge is 2.39. The van der Waals surface area contributed by atoms with E-state index < -0.39 is 23.7 Å². The van der Waals surface area contributed by atoms with Crippen LogP contribution in [0.2, 0.25) is 0 Å². The molecular weight excluding hydrogens is 432 g/mol. The molecule has 0 saturated carbocycles. The highest BCUT2D eigenvalue weighted by Crippen LogP contribution is 2.27. The summed E-state index contributed by atoms with van der Waals surface area (Å²) in [5.41, 5.74) is 0.163. The van der Waals surface area contributed by atoms with E-state index >= 15 is 0 Å². The number of likely N-dealkylation sites (N-methyl/N-ethyl adjacent to an activating group) is 2. The molecule has 0 aromatic rings. The second kappa shape index (κ2) is 10.7. The Labute approximate surface area is 194 Å². The monoisotopic (exact) mass is 459 g/mol. The molecule has 2 atom stereocenters. The van der Waals surface area contributed by atoms with E-state index in [0.29, 0.717) is 35.9 Å². The Hall–Kier alpha value is -2.45. The third-order valence-corrected chi connectivity index (χ3v) is 6.45. The van der Waals surface area contributed by atoms with Crippen molar-refractivity contribution in [1.29, 1.82) is 0 Å². The first kappa shape index (κ1) is 24.8. The molecular formula is C23H27N2O4S2-. The molecule has 0 radical (unpaired) electrons. The van der Waals surface area contributed by atoms with E-state index in [1.807, 2.05) is 27.7 Å². The van der Waals surface area contributed by atoms with Gasteiger partial charge in [-0.05, 0) is 32.8 Å². The van der Waals surface area contributed by atoms with Crippen LogP contribution in [0.4, 0.5) is 0 Å². The van der Waals surface area contributed by atoms with E-state index in [2.05, 4.69) is 0 Å². The van der Waals surface area contributed by atoms with Crippen molar-refractivity contribution in [3.63, 3.8) is 0 Å². The molecule has 0 bridgehead atoms. The zero-order chi connectivity index (χ0) is 23.3. The van der Waals surface area contributed by atoms with Crippen molar-refractivity contribution in [2.45, 2.75) is 40.5 Å². The average molecular weight is 460 g/mol. The Morgan fingerprint density at radius 1 is 0.839 bits per heavy atom. The maximum Gasteiger partial charge on any atom is 0.262 e. The van der Waals surface area contributed by atoms with E-state index in [1.54, 1.807) is 18.2 Å². The van der Waals surface area contributed by atoms with Gasteiger partial charge in [-0.25, -0.2) is 0 Å². The number of piperidine rings is 1. The van der Waals surface area contributed by atoms with Gasteiger partial charge < -0.3 is 14.9 Å². The number of ketones is 1. The number of thiocarbonyl (C=S) groups is 2. The molecule has 0 aromatic carbocycles.